The molecule has 0 bridgehead atoms. The van der Waals surface area contributed by atoms with Crippen LogP contribution in [0.5, 0.6) is 0 Å². The zero-order valence-corrected chi connectivity index (χ0v) is 8.68. The Labute approximate surface area is 79.5 Å². The first-order valence-corrected chi connectivity index (χ1v) is 4.57. The van der Waals surface area contributed by atoms with E-state index in [0.717, 1.165) is 4.91 Å². The molecule has 0 aliphatic carbocycles. The molecular formula is C10H15NS. The average Bonchev–Trinajstić information content (AvgIpc) is 2.35. The van der Waals surface area contributed by atoms with Gasteiger partial charge in [0, 0.05) is 19.4 Å². The summed E-state index contributed by atoms with van der Waals surface area (Å²) in [6.07, 6.45) is 6.22. The van der Waals surface area contributed by atoms with Crippen molar-refractivity contribution in [2.45, 2.75) is 13.8 Å². The molecule has 1 rings (SSSR count). The van der Waals surface area contributed by atoms with Gasteiger partial charge >= 0.3 is 0 Å². The molecule has 0 unspecified atom stereocenters. The second kappa shape index (κ2) is 3.85. The van der Waals surface area contributed by atoms with E-state index in [1.807, 2.05) is 17.8 Å². The number of allylic oxidation sites excluding steroid dienone is 1. The average molecular weight is 181 g/mol. The van der Waals surface area contributed by atoms with Crippen molar-refractivity contribution in [2.24, 2.45) is 13.0 Å². The molecule has 0 N–H and O–H groups in total. The van der Waals surface area contributed by atoms with Gasteiger partial charge in [-0.15, -0.1) is 12.6 Å². The van der Waals surface area contributed by atoms with Crippen LogP contribution in [0.4, 0.5) is 0 Å². The summed E-state index contributed by atoms with van der Waals surface area (Å²) in [5.74, 6) is 0.508. The molecule has 0 aliphatic rings. The third-order valence-electron chi connectivity index (χ3n) is 1.76. The molecule has 0 spiro atoms. The van der Waals surface area contributed by atoms with Crippen LogP contribution in [0, 0.1) is 5.92 Å². The third-order valence-corrected chi connectivity index (χ3v) is 2.41. The Morgan fingerprint density at radius 2 is 2.25 bits per heavy atom. The SMILES string of the molecule is CC(C)/C(S)=C/c1ccn(C)c1. The quantitative estimate of drug-likeness (QED) is 0.669. The Kier molecular flexibility index (Phi) is 3.04. The molecule has 66 valence electrons. The van der Waals surface area contributed by atoms with Crippen molar-refractivity contribution < 1.29 is 0 Å². The Hall–Kier alpha value is -0.630. The Morgan fingerprint density at radius 3 is 2.67 bits per heavy atom. The zero-order valence-electron chi connectivity index (χ0n) is 7.78. The summed E-state index contributed by atoms with van der Waals surface area (Å²) in [7, 11) is 2.02. The van der Waals surface area contributed by atoms with Gasteiger partial charge in [-0.1, -0.05) is 13.8 Å². The van der Waals surface area contributed by atoms with E-state index in [-0.39, 0.29) is 0 Å². The second-order valence-electron chi connectivity index (χ2n) is 3.33. The van der Waals surface area contributed by atoms with Gasteiger partial charge in [0.15, 0.2) is 0 Å². The molecule has 0 fully saturated rings. The predicted octanol–water partition coefficient (Wildman–Crippen LogP) is 2.95. The van der Waals surface area contributed by atoms with Gasteiger partial charge in [-0.3, -0.25) is 0 Å². The van der Waals surface area contributed by atoms with Crippen LogP contribution in [0.1, 0.15) is 19.4 Å². The monoisotopic (exact) mass is 181 g/mol. The summed E-state index contributed by atoms with van der Waals surface area (Å²) in [5, 5.41) is 0. The maximum atomic E-state index is 4.40. The molecule has 0 amide bonds. The maximum absolute atomic E-state index is 4.40. The lowest BCUT2D eigenvalue weighted by molar-refractivity contribution is 0.823. The maximum Gasteiger partial charge on any atom is 0.0106 e. The predicted molar refractivity (Wildman–Crippen MR) is 57.2 cm³/mol. The highest BCUT2D eigenvalue weighted by Gasteiger charge is 1.97. The van der Waals surface area contributed by atoms with E-state index in [0.29, 0.717) is 5.92 Å². The molecule has 2 heteroatoms. The van der Waals surface area contributed by atoms with Crippen LogP contribution in [0.15, 0.2) is 23.4 Å². The molecule has 12 heavy (non-hydrogen) atoms. The largest absolute Gasteiger partial charge is 0.357 e. The molecule has 0 radical (unpaired) electrons. The summed E-state index contributed by atoms with van der Waals surface area (Å²) >= 11 is 4.40. The minimum Gasteiger partial charge on any atom is -0.357 e. The van der Waals surface area contributed by atoms with E-state index < -0.39 is 0 Å². The lowest BCUT2D eigenvalue weighted by Gasteiger charge is -2.01. The first kappa shape index (κ1) is 9.46. The highest BCUT2D eigenvalue weighted by atomic mass is 32.1. The lowest BCUT2D eigenvalue weighted by atomic mass is 10.1. The van der Waals surface area contributed by atoms with E-state index in [2.05, 4.69) is 44.8 Å². The van der Waals surface area contributed by atoms with Crippen LogP contribution in [-0.4, -0.2) is 4.57 Å². The first-order valence-electron chi connectivity index (χ1n) is 4.12. The van der Waals surface area contributed by atoms with E-state index in [1.54, 1.807) is 0 Å². The first-order chi connectivity index (χ1) is 5.59. The number of hydrogen-bond donors (Lipinski definition) is 1. The Balaban J connectivity index is 2.80. The highest BCUT2D eigenvalue weighted by molar-refractivity contribution is 7.84. The second-order valence-corrected chi connectivity index (χ2v) is 3.85. The van der Waals surface area contributed by atoms with Crippen molar-refractivity contribution >= 4 is 18.7 Å². The van der Waals surface area contributed by atoms with Crippen LogP contribution < -0.4 is 0 Å². The van der Waals surface area contributed by atoms with Gasteiger partial charge in [-0.05, 0) is 28.5 Å². The third kappa shape index (κ3) is 2.45. The van der Waals surface area contributed by atoms with Crippen molar-refractivity contribution in [3.63, 3.8) is 0 Å². The van der Waals surface area contributed by atoms with Crippen LogP contribution in [0.3, 0.4) is 0 Å². The molecule has 1 heterocycles. The fourth-order valence-corrected chi connectivity index (χ4v) is 1.10. The lowest BCUT2D eigenvalue weighted by Crippen LogP contribution is -1.85. The van der Waals surface area contributed by atoms with Gasteiger partial charge in [0.05, 0.1) is 0 Å². The smallest absolute Gasteiger partial charge is 0.0106 e. The van der Waals surface area contributed by atoms with Gasteiger partial charge in [0.1, 0.15) is 0 Å². The molecule has 1 nitrogen and oxygen atoms in total. The molecule has 1 aromatic rings. The standard InChI is InChI=1S/C10H15NS/c1-8(2)10(12)6-9-4-5-11(3)7-9/h4-8,12H,1-3H3/b10-6-. The van der Waals surface area contributed by atoms with Gasteiger partial charge < -0.3 is 4.57 Å². The van der Waals surface area contributed by atoms with Crippen LogP contribution in [-0.2, 0) is 7.05 Å². The van der Waals surface area contributed by atoms with Crippen molar-refractivity contribution in [1.29, 1.82) is 0 Å². The number of nitrogens with zero attached hydrogens (tertiary/aromatic N) is 1. The topological polar surface area (TPSA) is 4.93 Å². The molecule has 0 aromatic carbocycles. The summed E-state index contributed by atoms with van der Waals surface area (Å²) < 4.78 is 2.03. The van der Waals surface area contributed by atoms with E-state index in [1.165, 1.54) is 5.56 Å². The molecule has 0 saturated carbocycles. The summed E-state index contributed by atoms with van der Waals surface area (Å²) in [5.41, 5.74) is 1.22. The molecule has 0 saturated heterocycles. The summed E-state index contributed by atoms with van der Waals surface area (Å²) in [6, 6.07) is 2.08. The van der Waals surface area contributed by atoms with Gasteiger partial charge in [-0.2, -0.15) is 0 Å². The zero-order chi connectivity index (χ0) is 9.14. The van der Waals surface area contributed by atoms with E-state index >= 15 is 0 Å². The number of rotatable bonds is 2. The highest BCUT2D eigenvalue weighted by Crippen LogP contribution is 2.17. The minimum atomic E-state index is 0.508. The van der Waals surface area contributed by atoms with Crippen LogP contribution in [0.2, 0.25) is 0 Å². The molecule has 0 aliphatic heterocycles. The van der Waals surface area contributed by atoms with Gasteiger partial charge in [0.2, 0.25) is 0 Å². The number of aryl methyl sites for hydroxylation is 1. The Bertz CT molecular complexity index is 284. The number of thiol groups is 1. The normalized spacial score (nSPS) is 12.6. The summed E-state index contributed by atoms with van der Waals surface area (Å²) in [6.45, 7) is 4.28. The van der Waals surface area contributed by atoms with Crippen molar-refractivity contribution in [1.82, 2.24) is 4.57 Å². The van der Waals surface area contributed by atoms with E-state index in [9.17, 15) is 0 Å². The minimum absolute atomic E-state index is 0.508. The molecule has 0 atom stereocenters. The summed E-state index contributed by atoms with van der Waals surface area (Å²) in [4.78, 5) is 1.13. The van der Waals surface area contributed by atoms with Crippen molar-refractivity contribution in [2.75, 3.05) is 0 Å². The van der Waals surface area contributed by atoms with Gasteiger partial charge in [0.25, 0.3) is 0 Å². The fourth-order valence-electron chi connectivity index (χ4n) is 0.948. The van der Waals surface area contributed by atoms with Crippen molar-refractivity contribution in [3.8, 4) is 0 Å². The fraction of sp³-hybridized carbons (Fsp3) is 0.400. The molecular weight excluding hydrogens is 166 g/mol. The molecule has 1 aromatic heterocycles. The van der Waals surface area contributed by atoms with Crippen LogP contribution >= 0.6 is 12.6 Å². The van der Waals surface area contributed by atoms with Crippen LogP contribution in [0.25, 0.3) is 6.08 Å². The van der Waals surface area contributed by atoms with Gasteiger partial charge in [-0.25, -0.2) is 0 Å². The van der Waals surface area contributed by atoms with E-state index in [4.69, 9.17) is 0 Å². The van der Waals surface area contributed by atoms with Crippen molar-refractivity contribution in [3.05, 3.63) is 28.9 Å². The number of hydrogen-bond acceptors (Lipinski definition) is 1. The number of aromatic nitrogens is 1. The Morgan fingerprint density at radius 1 is 1.58 bits per heavy atom.